The summed E-state index contributed by atoms with van der Waals surface area (Å²) < 4.78 is 0. The molecular weight excluding hydrogens is 491 g/mol. The Labute approximate surface area is 214 Å². The van der Waals surface area contributed by atoms with Gasteiger partial charge in [0.05, 0.1) is 55.5 Å². The zero-order chi connectivity index (χ0) is 20.6. The predicted octanol–water partition coefficient (Wildman–Crippen LogP) is 2.19. The van der Waals surface area contributed by atoms with Crippen molar-refractivity contribution in [3.63, 3.8) is 0 Å². The van der Waals surface area contributed by atoms with Crippen molar-refractivity contribution in [2.24, 2.45) is 0 Å². The first-order valence-corrected chi connectivity index (χ1v) is 17.6. The summed E-state index contributed by atoms with van der Waals surface area (Å²) in [5.74, 6) is 0. The third kappa shape index (κ3) is 37.4. The van der Waals surface area contributed by atoms with Gasteiger partial charge in [0.15, 0.2) is 0 Å². The number of hydrogen-bond acceptors (Lipinski definition) is 0. The van der Waals surface area contributed by atoms with Gasteiger partial charge in [-0.2, -0.15) is 18.2 Å². The molecule has 0 heterocycles. The molecule has 1 aromatic rings. The molecule has 177 valence electrons. The fourth-order valence-corrected chi connectivity index (χ4v) is 7.07. The molecule has 0 amide bonds. The van der Waals surface area contributed by atoms with E-state index in [0.29, 0.717) is 0 Å². The topological polar surface area (TPSA) is 0 Å². The molecule has 29 heavy (non-hydrogen) atoms. The van der Waals surface area contributed by atoms with Gasteiger partial charge < -0.3 is 24.8 Å². The number of hydrogen-bond donors (Lipinski definition) is 0. The van der Waals surface area contributed by atoms with Crippen LogP contribution in [0.3, 0.4) is 0 Å². The quantitative estimate of drug-likeness (QED) is 0.331. The first kappa shape index (κ1) is 44.5. The van der Waals surface area contributed by atoms with E-state index in [0.717, 1.165) is 0 Å². The van der Waals surface area contributed by atoms with Crippen LogP contribution in [-0.4, -0.2) is 55.5 Å². The van der Waals surface area contributed by atoms with E-state index >= 15 is 0 Å². The molecule has 0 unspecified atom stereocenters. The normalized spacial score (nSPS) is 8.83. The second kappa shape index (κ2) is 40.2. The van der Waals surface area contributed by atoms with E-state index in [1.807, 2.05) is 30.3 Å². The predicted molar refractivity (Wildman–Crippen MR) is 142 cm³/mol. The Bertz CT molecular complexity index is 241. The largest absolute Gasteiger partial charge is 2.00 e. The average Bonchev–Trinajstić information content (AvgIpc) is 3.27. The number of rotatable bonds is 9. The van der Waals surface area contributed by atoms with Crippen LogP contribution < -0.4 is 24.8 Å². The first-order chi connectivity index (χ1) is 12.5. The Balaban J connectivity index is -0.0000000590. The Morgan fingerprint density at radius 3 is 0.655 bits per heavy atom. The van der Waals surface area contributed by atoms with E-state index in [9.17, 15) is 0 Å². The van der Waals surface area contributed by atoms with Gasteiger partial charge in [0.25, 0.3) is 0 Å². The van der Waals surface area contributed by atoms with Crippen molar-refractivity contribution in [2.75, 3.05) is 55.5 Å². The maximum atomic E-state index is 2.31. The van der Waals surface area contributed by atoms with E-state index in [2.05, 4.69) is 62.3 Å². The Kier molecular flexibility index (Phi) is 61.6. The monoisotopic (exact) mass is 543 g/mol. The van der Waals surface area contributed by atoms with Crippen LogP contribution in [0.4, 0.5) is 0 Å². The van der Waals surface area contributed by atoms with Crippen molar-refractivity contribution in [1.82, 2.24) is 0 Å². The molecule has 1 aromatic carbocycles. The molecular formula is C23H53Cl2P3V+2. The summed E-state index contributed by atoms with van der Waals surface area (Å²) >= 11 is 0. The Morgan fingerprint density at radius 2 is 0.621 bits per heavy atom. The van der Waals surface area contributed by atoms with Gasteiger partial charge in [0, 0.05) is 0 Å². The molecule has 0 aliphatic carbocycles. The molecule has 1 radical (unpaired) electrons. The summed E-state index contributed by atoms with van der Waals surface area (Å²) in [6.07, 6.45) is 13.1. The second-order valence-corrected chi connectivity index (χ2v) is 17.3. The van der Waals surface area contributed by atoms with Crippen molar-refractivity contribution in [3.05, 3.63) is 30.3 Å². The van der Waals surface area contributed by atoms with Crippen LogP contribution in [0.5, 0.6) is 0 Å². The van der Waals surface area contributed by atoms with Crippen LogP contribution in [0, 0.1) is 0 Å². The maximum absolute atomic E-state index is 2.31. The summed E-state index contributed by atoms with van der Waals surface area (Å²) in [4.78, 5) is 0. The van der Waals surface area contributed by atoms with Gasteiger partial charge >= 0.3 is 18.6 Å². The summed E-state index contributed by atoms with van der Waals surface area (Å²) in [5, 5.41) is 0. The van der Waals surface area contributed by atoms with Gasteiger partial charge in [-0.15, -0.1) is 0 Å². The smallest absolute Gasteiger partial charge is 1.00 e. The van der Waals surface area contributed by atoms with Crippen LogP contribution in [0.15, 0.2) is 30.3 Å². The van der Waals surface area contributed by atoms with Gasteiger partial charge in [0.1, 0.15) is 0 Å². The average molecular weight is 544 g/mol. The van der Waals surface area contributed by atoms with E-state index in [-0.39, 0.29) is 67.1 Å². The molecule has 0 spiro atoms. The van der Waals surface area contributed by atoms with Crippen molar-refractivity contribution < 1.29 is 43.4 Å². The van der Waals surface area contributed by atoms with E-state index in [1.165, 1.54) is 55.5 Å². The van der Waals surface area contributed by atoms with Gasteiger partial charge in [0.2, 0.25) is 0 Å². The molecule has 0 fully saturated rings. The molecule has 6 heteroatoms. The molecule has 0 N–H and O–H groups in total. The van der Waals surface area contributed by atoms with E-state index < -0.39 is 0 Å². The third-order valence-electron chi connectivity index (χ3n) is 5.06. The van der Waals surface area contributed by atoms with E-state index in [1.54, 1.807) is 0 Å². The van der Waals surface area contributed by atoms with Crippen LogP contribution >= 0.6 is 23.8 Å². The molecule has 0 saturated carbocycles. The summed E-state index contributed by atoms with van der Waals surface area (Å²) in [7, 11) is 0.412. The van der Waals surface area contributed by atoms with Gasteiger partial charge in [-0.3, -0.25) is 0 Å². The molecule has 0 aliphatic heterocycles. The molecule has 0 aliphatic rings. The standard InChI is InChI=1S/3C6H15P.C5H5.2ClH.V/c3*1-4-7(5-2)6-3;1-2-4-5-3-1;;;/h3*4-6H2,1-3H3;1-5H;2*1H;/q;;;-1;;;+2/p+1. The van der Waals surface area contributed by atoms with Crippen molar-refractivity contribution >= 4 is 23.8 Å². The third-order valence-corrected chi connectivity index (χ3v) is 14.1. The molecule has 0 nitrogen and oxygen atoms in total. The van der Waals surface area contributed by atoms with Gasteiger partial charge in [-0.1, -0.05) is 0 Å². The molecule has 1 rings (SSSR count). The molecule has 0 aromatic heterocycles. The SMILES string of the molecule is CC[PH+](CC)CC.CC[PH+](CC)CC.CC[PH+](CC)CC.[Cl-].[Cl-].[V+2].c1cc[cH-]c1. The molecule has 0 bridgehead atoms. The summed E-state index contributed by atoms with van der Waals surface area (Å²) in [5.41, 5.74) is 0. The minimum absolute atomic E-state index is 0. The van der Waals surface area contributed by atoms with Gasteiger partial charge in [-0.05, 0) is 86.1 Å². The van der Waals surface area contributed by atoms with Gasteiger partial charge in [-0.25, -0.2) is 12.1 Å². The second-order valence-electron chi connectivity index (χ2n) is 6.39. The van der Waals surface area contributed by atoms with Crippen molar-refractivity contribution in [1.29, 1.82) is 0 Å². The molecule has 0 atom stereocenters. The van der Waals surface area contributed by atoms with E-state index in [4.69, 9.17) is 0 Å². The first-order valence-electron chi connectivity index (χ1n) is 11.2. The minimum Gasteiger partial charge on any atom is -1.00 e. The fourth-order valence-electron chi connectivity index (χ4n) is 2.57. The maximum Gasteiger partial charge on any atom is 2.00 e. The zero-order valence-corrected chi connectivity index (χ0v) is 26.9. The fraction of sp³-hybridized carbons (Fsp3) is 0.783. The Morgan fingerprint density at radius 1 is 0.448 bits per heavy atom. The number of halogens is 2. The van der Waals surface area contributed by atoms with Crippen LogP contribution in [0.1, 0.15) is 62.3 Å². The zero-order valence-electron chi connectivity index (χ0n) is 21.0. The van der Waals surface area contributed by atoms with Crippen LogP contribution in [0.2, 0.25) is 0 Å². The Hall–Kier alpha value is 1.80. The van der Waals surface area contributed by atoms with Crippen LogP contribution in [0.25, 0.3) is 0 Å². The summed E-state index contributed by atoms with van der Waals surface area (Å²) in [6, 6.07) is 10.0. The van der Waals surface area contributed by atoms with Crippen molar-refractivity contribution in [3.8, 4) is 0 Å². The summed E-state index contributed by atoms with van der Waals surface area (Å²) in [6.45, 7) is 20.8. The minimum atomic E-state index is 0. The molecule has 0 saturated heterocycles. The van der Waals surface area contributed by atoms with Crippen molar-refractivity contribution in [2.45, 2.75) is 62.3 Å². The van der Waals surface area contributed by atoms with Crippen LogP contribution in [-0.2, 0) is 18.6 Å².